The Morgan fingerprint density at radius 1 is 0.536 bits per heavy atom. The van der Waals surface area contributed by atoms with Crippen LogP contribution < -0.4 is 34.3 Å². The molecule has 0 aliphatic heterocycles. The Morgan fingerprint density at radius 3 is 1.12 bits per heavy atom. The molecule has 0 radical (unpaired) electrons. The Hall–Kier alpha value is -2.36. The van der Waals surface area contributed by atoms with Gasteiger partial charge in [-0.1, -0.05) is 0 Å². The SMILES string of the molecule is COc1c(C(C)(C)C)cc2c(c1-c1ccccc1)C=C(CC(C)(C)C)[CH]2[Zr+2](=[SiH2])[CH]1C(CC(C)(C)C)=Cc2c1cc(C(C)(C)C)c(OC)c2-c1ccccc1.[Cl-].[Cl-]. The van der Waals surface area contributed by atoms with Gasteiger partial charge in [0.2, 0.25) is 0 Å². The number of halogens is 2. The summed E-state index contributed by atoms with van der Waals surface area (Å²) in [6.07, 6.45) is 7.40. The van der Waals surface area contributed by atoms with Crippen molar-refractivity contribution in [1.29, 1.82) is 0 Å². The van der Waals surface area contributed by atoms with E-state index in [1.54, 1.807) is 22.3 Å². The first-order chi connectivity index (χ1) is 25.1. The van der Waals surface area contributed by atoms with Crippen molar-refractivity contribution in [3.8, 4) is 33.8 Å². The number of fused-ring (bicyclic) bond motifs is 2. The van der Waals surface area contributed by atoms with Crippen molar-refractivity contribution in [2.24, 2.45) is 10.8 Å². The van der Waals surface area contributed by atoms with E-state index < -0.39 is 20.4 Å². The Kier molecular flexibility index (Phi) is 14.1. The minimum absolute atomic E-state index is 0. The fourth-order valence-corrected chi connectivity index (χ4v) is 21.9. The van der Waals surface area contributed by atoms with E-state index in [0.717, 1.165) is 24.3 Å². The molecule has 6 heteroatoms. The topological polar surface area (TPSA) is 18.5 Å². The molecule has 0 N–H and O–H groups in total. The summed E-state index contributed by atoms with van der Waals surface area (Å²) in [5.41, 5.74) is 16.9. The van der Waals surface area contributed by atoms with E-state index in [0.29, 0.717) is 7.25 Å². The Morgan fingerprint density at radius 2 is 0.857 bits per heavy atom. The maximum Gasteiger partial charge on any atom is -1.00 e. The molecular formula is C50H64Cl2O2SiZr. The molecule has 298 valence electrons. The molecule has 2 aliphatic rings. The molecule has 6 rings (SSSR count). The van der Waals surface area contributed by atoms with Gasteiger partial charge in [-0.3, -0.25) is 0 Å². The maximum absolute atomic E-state index is 6.42. The van der Waals surface area contributed by atoms with Gasteiger partial charge in [0.05, 0.1) is 0 Å². The fourth-order valence-electron chi connectivity index (χ4n) is 9.02. The smallest absolute Gasteiger partial charge is 1.00 e. The molecule has 0 bridgehead atoms. The van der Waals surface area contributed by atoms with E-state index in [4.69, 9.17) is 9.47 Å². The van der Waals surface area contributed by atoms with Gasteiger partial charge >= 0.3 is 339 Å². The summed E-state index contributed by atoms with van der Waals surface area (Å²) in [4.78, 5) is 0. The number of rotatable bonds is 8. The van der Waals surface area contributed by atoms with Crippen LogP contribution in [-0.4, -0.2) is 21.1 Å². The number of allylic oxidation sites excluding steroid dienone is 2. The first-order valence-electron chi connectivity index (χ1n) is 19.9. The molecule has 0 heterocycles. The average Bonchev–Trinajstić information content (AvgIpc) is 3.61. The normalized spacial score (nSPS) is 16.4. The molecule has 0 spiro atoms. The zero-order valence-electron chi connectivity index (χ0n) is 36.4. The van der Waals surface area contributed by atoms with Crippen molar-refractivity contribution < 1.29 is 54.7 Å². The number of methoxy groups -OCH3 is 2. The second kappa shape index (κ2) is 17.1. The summed E-state index contributed by atoms with van der Waals surface area (Å²) >= 11 is -2.53. The molecule has 2 atom stereocenters. The standard InChI is InChI=1S/2C25H31O.2ClH.H2Si.Zr/c2*1-24(2,3)16-17-13-19-15-21(25(4,5)6)23(26-7)22(20(19)14-17)18-11-9-8-10-12-18;;;;/h2*8-15H,16H2,1-7H3;2*1H;1H2;/q;;;;;+2/p-2. The van der Waals surface area contributed by atoms with E-state index >= 15 is 0 Å². The number of hydrogen-bond acceptors (Lipinski definition) is 2. The van der Waals surface area contributed by atoms with E-state index in [1.165, 1.54) is 44.5 Å². The largest absolute Gasteiger partial charge is 1.00 e. The van der Waals surface area contributed by atoms with Gasteiger partial charge in [-0.25, -0.2) is 0 Å². The minimum atomic E-state index is -2.53. The van der Waals surface area contributed by atoms with E-state index in [9.17, 15) is 0 Å². The van der Waals surface area contributed by atoms with Crippen LogP contribution in [-0.2, 0) is 31.2 Å². The molecule has 4 aromatic carbocycles. The third kappa shape index (κ3) is 9.25. The molecule has 2 unspecified atom stereocenters. The molecule has 0 saturated heterocycles. The third-order valence-corrected chi connectivity index (χ3v) is 22.9. The van der Waals surface area contributed by atoms with Crippen molar-refractivity contribution in [3.05, 3.63) is 117 Å². The summed E-state index contributed by atoms with van der Waals surface area (Å²) in [6, 6.07) is 27.2. The van der Waals surface area contributed by atoms with Gasteiger partial charge in [-0.2, -0.15) is 0 Å². The molecule has 56 heavy (non-hydrogen) atoms. The van der Waals surface area contributed by atoms with Crippen molar-refractivity contribution in [2.45, 2.75) is 114 Å². The predicted octanol–water partition coefficient (Wildman–Crippen LogP) is 7.26. The molecule has 0 aromatic heterocycles. The van der Waals surface area contributed by atoms with Crippen molar-refractivity contribution in [2.75, 3.05) is 14.2 Å². The zero-order chi connectivity index (χ0) is 39.5. The predicted molar refractivity (Wildman–Crippen MR) is 232 cm³/mol. The third-order valence-electron chi connectivity index (χ3n) is 11.1. The molecule has 0 amide bonds. The van der Waals surface area contributed by atoms with Crippen LogP contribution in [0, 0.1) is 10.8 Å². The summed E-state index contributed by atoms with van der Waals surface area (Å²) in [6.45, 7) is 31.0. The molecule has 2 nitrogen and oxygen atoms in total. The fraction of sp³-hybridized carbons (Fsp3) is 0.440. The Bertz CT molecular complexity index is 1990. The second-order valence-corrected chi connectivity index (χ2v) is 30.8. The molecule has 0 saturated carbocycles. The summed E-state index contributed by atoms with van der Waals surface area (Å²) in [7, 11) is 3.73. The van der Waals surface area contributed by atoms with Gasteiger partial charge in [0.15, 0.2) is 0 Å². The minimum Gasteiger partial charge on any atom is -1.00 e. The van der Waals surface area contributed by atoms with Crippen LogP contribution in [0.3, 0.4) is 0 Å². The average molecular weight is 887 g/mol. The number of hydrogen-bond donors (Lipinski definition) is 0. The van der Waals surface area contributed by atoms with Crippen LogP contribution in [0.15, 0.2) is 83.9 Å². The summed E-state index contributed by atoms with van der Waals surface area (Å²) < 4.78 is 13.8. The van der Waals surface area contributed by atoms with Crippen LogP contribution in [0.2, 0.25) is 0 Å². The Labute approximate surface area is 361 Å². The van der Waals surface area contributed by atoms with Gasteiger partial charge in [-0.15, -0.1) is 0 Å². The molecule has 2 aliphatic carbocycles. The van der Waals surface area contributed by atoms with Crippen LogP contribution in [0.25, 0.3) is 34.4 Å². The first kappa shape index (κ1) is 46.3. The monoisotopic (exact) mass is 884 g/mol. The van der Waals surface area contributed by atoms with Crippen LogP contribution in [0.4, 0.5) is 0 Å². The van der Waals surface area contributed by atoms with Crippen LogP contribution >= 0.6 is 0 Å². The van der Waals surface area contributed by atoms with Gasteiger partial charge < -0.3 is 24.8 Å². The van der Waals surface area contributed by atoms with E-state index in [2.05, 4.69) is 175 Å². The van der Waals surface area contributed by atoms with Crippen LogP contribution in [0.1, 0.15) is 137 Å². The van der Waals surface area contributed by atoms with Crippen molar-refractivity contribution in [3.63, 3.8) is 0 Å². The van der Waals surface area contributed by atoms with Crippen molar-refractivity contribution in [1.82, 2.24) is 0 Å². The molecular weight excluding hydrogens is 823 g/mol. The quantitative estimate of drug-likeness (QED) is 0.174. The molecule has 4 aromatic rings. The molecule has 0 fully saturated rings. The van der Waals surface area contributed by atoms with Gasteiger partial charge in [-0.05, 0) is 0 Å². The number of ether oxygens (including phenoxy) is 2. The maximum atomic E-state index is 6.42. The summed E-state index contributed by atoms with van der Waals surface area (Å²) in [5, 5.41) is 0. The van der Waals surface area contributed by atoms with Gasteiger partial charge in [0, 0.05) is 0 Å². The van der Waals surface area contributed by atoms with Gasteiger partial charge in [0.25, 0.3) is 0 Å². The van der Waals surface area contributed by atoms with E-state index in [-0.39, 0.29) is 46.5 Å². The first-order valence-corrected chi connectivity index (χ1v) is 28.6. The zero-order valence-corrected chi connectivity index (χ0v) is 41.8. The Balaban J connectivity index is 0.00000348. The second-order valence-electron chi connectivity index (χ2n) is 20.3. The van der Waals surface area contributed by atoms with Gasteiger partial charge in [0.1, 0.15) is 0 Å². The van der Waals surface area contributed by atoms with E-state index in [1.807, 2.05) is 14.2 Å². The number of benzene rings is 4. The summed E-state index contributed by atoms with van der Waals surface area (Å²) in [5.74, 6) is 2.05. The van der Waals surface area contributed by atoms with Crippen LogP contribution in [0.5, 0.6) is 11.5 Å². The van der Waals surface area contributed by atoms with Crippen molar-refractivity contribution >= 4 is 19.0 Å².